The number of aliphatic hydroxyl groups is 5. The lowest BCUT2D eigenvalue weighted by molar-refractivity contribution is -0.345. The summed E-state index contributed by atoms with van der Waals surface area (Å²) in [5, 5.41) is 51.3. The number of pyridine rings is 1. The first-order chi connectivity index (χ1) is 18.2. The number of fused-ring (bicyclic) bond motifs is 5. The van der Waals surface area contributed by atoms with Crippen molar-refractivity contribution in [3.63, 3.8) is 0 Å². The third-order valence-electron chi connectivity index (χ3n) is 8.04. The Balaban J connectivity index is 1.33. The number of rotatable bonds is 4. The smallest absolute Gasteiger partial charge is 0.288 e. The molecule has 0 radical (unpaired) electrons. The second kappa shape index (κ2) is 9.19. The molecule has 4 aliphatic heterocycles. The standard InChI is InChI=1S/C26H28N2O10/c1-2-10-12-7-15-18-13(19(30)11-5-3-4-6-14(11)27-18)8-28(15)23(34)17(12)24(35)37-25(10)38-26-22(33)21(32)20(31)16(9-29)36-26/h2-6,10,12,15-16,20-22,25-26,29,31-33,35H,1,7-9H2,(H,27,30)/t10-,12+,15+,16-,20-,21+,22-,25+,26+/m1/s1. The lowest BCUT2D eigenvalue weighted by Gasteiger charge is -2.46. The lowest BCUT2D eigenvalue weighted by atomic mass is 9.76. The fraction of sp³-hybridized carbons (Fsp3) is 0.462. The monoisotopic (exact) mass is 528 g/mol. The summed E-state index contributed by atoms with van der Waals surface area (Å²) in [5.41, 5.74) is 1.67. The second-order valence-electron chi connectivity index (χ2n) is 10.0. The van der Waals surface area contributed by atoms with E-state index in [-0.39, 0.29) is 17.5 Å². The molecule has 0 aliphatic carbocycles. The average molecular weight is 529 g/mol. The number of aliphatic hydroxyl groups excluding tert-OH is 5. The molecule has 0 bridgehead atoms. The summed E-state index contributed by atoms with van der Waals surface area (Å²) in [6, 6.07) is 6.65. The Morgan fingerprint density at radius 2 is 1.89 bits per heavy atom. The molecule has 0 saturated carbocycles. The summed E-state index contributed by atoms with van der Waals surface area (Å²) in [4.78, 5) is 31.6. The summed E-state index contributed by atoms with van der Waals surface area (Å²) >= 11 is 0. The van der Waals surface area contributed by atoms with Gasteiger partial charge in [0.05, 0.1) is 19.2 Å². The van der Waals surface area contributed by atoms with E-state index >= 15 is 0 Å². The van der Waals surface area contributed by atoms with E-state index in [9.17, 15) is 35.1 Å². The highest BCUT2D eigenvalue weighted by Gasteiger charge is 2.54. The summed E-state index contributed by atoms with van der Waals surface area (Å²) in [5.74, 6) is -2.45. The van der Waals surface area contributed by atoms with Gasteiger partial charge in [-0.3, -0.25) is 9.59 Å². The maximum atomic E-state index is 13.6. The van der Waals surface area contributed by atoms with Crippen molar-refractivity contribution < 1.29 is 44.5 Å². The van der Waals surface area contributed by atoms with E-state index in [4.69, 9.17) is 14.2 Å². The number of amides is 1. The van der Waals surface area contributed by atoms with Crippen molar-refractivity contribution in [1.82, 2.24) is 9.88 Å². The molecular formula is C26H28N2O10. The van der Waals surface area contributed by atoms with E-state index in [1.54, 1.807) is 18.2 Å². The van der Waals surface area contributed by atoms with Gasteiger partial charge in [0, 0.05) is 34.0 Å². The number of para-hydroxylation sites is 1. The van der Waals surface area contributed by atoms with Gasteiger partial charge < -0.3 is 49.6 Å². The van der Waals surface area contributed by atoms with Crippen LogP contribution >= 0.6 is 0 Å². The zero-order valence-electron chi connectivity index (χ0n) is 20.1. The summed E-state index contributed by atoms with van der Waals surface area (Å²) in [7, 11) is 0. The molecule has 0 unspecified atom stereocenters. The topological polar surface area (TPSA) is 182 Å². The Bertz CT molecular complexity index is 1390. The quantitative estimate of drug-likeness (QED) is 0.288. The van der Waals surface area contributed by atoms with Gasteiger partial charge in [0.1, 0.15) is 30.0 Å². The van der Waals surface area contributed by atoms with Gasteiger partial charge in [-0.1, -0.05) is 18.2 Å². The van der Waals surface area contributed by atoms with Crippen molar-refractivity contribution in [2.75, 3.05) is 6.61 Å². The van der Waals surface area contributed by atoms with E-state index in [1.807, 2.05) is 6.07 Å². The van der Waals surface area contributed by atoms with E-state index in [1.165, 1.54) is 11.0 Å². The molecule has 1 aromatic heterocycles. The third-order valence-corrected chi connectivity index (χ3v) is 8.04. The second-order valence-corrected chi connectivity index (χ2v) is 10.0. The van der Waals surface area contributed by atoms with Crippen molar-refractivity contribution in [2.24, 2.45) is 11.8 Å². The fourth-order valence-corrected chi connectivity index (χ4v) is 6.05. The molecule has 5 heterocycles. The van der Waals surface area contributed by atoms with Crippen molar-refractivity contribution >= 4 is 16.8 Å². The molecule has 9 atom stereocenters. The van der Waals surface area contributed by atoms with Crippen molar-refractivity contribution in [1.29, 1.82) is 0 Å². The molecule has 6 rings (SSSR count). The number of H-pyrrole nitrogens is 1. The van der Waals surface area contributed by atoms with Gasteiger partial charge in [-0.15, -0.1) is 6.58 Å². The van der Waals surface area contributed by atoms with Crippen LogP contribution in [0.25, 0.3) is 10.9 Å². The van der Waals surface area contributed by atoms with Crippen LogP contribution in [0.4, 0.5) is 0 Å². The van der Waals surface area contributed by atoms with Crippen molar-refractivity contribution in [3.05, 3.63) is 69.9 Å². The Hall–Kier alpha value is -3.26. The predicted molar refractivity (Wildman–Crippen MR) is 129 cm³/mol. The number of carbonyl (C=O) groups is 1. The van der Waals surface area contributed by atoms with Gasteiger partial charge in [-0.25, -0.2) is 0 Å². The number of nitrogens with one attached hydrogen (secondary N) is 1. The number of hydrogen-bond donors (Lipinski definition) is 6. The van der Waals surface area contributed by atoms with Gasteiger partial charge in [-0.05, 0) is 18.6 Å². The number of carbonyl (C=O) groups excluding carboxylic acids is 1. The molecule has 2 saturated heterocycles. The number of ether oxygens (including phenoxy) is 3. The molecular weight excluding hydrogens is 500 g/mol. The average Bonchev–Trinajstić information content (AvgIpc) is 3.28. The minimum Gasteiger partial charge on any atom is -0.481 e. The van der Waals surface area contributed by atoms with E-state index in [2.05, 4.69) is 11.6 Å². The first-order valence-corrected chi connectivity index (χ1v) is 12.4. The van der Waals surface area contributed by atoms with E-state index in [0.29, 0.717) is 28.6 Å². The van der Waals surface area contributed by atoms with Crippen molar-refractivity contribution in [2.45, 2.75) is 56.0 Å². The SMILES string of the molecule is C=C[C@H]1[C@H](O[C@@H]2O[C@H](CO)[C@@H](O)[C@H](O)[C@H]2O)OC(O)=C2C(=O)N3Cc4c([nH]c5ccccc5c4=O)[C@@H]3C[C@H]21. The van der Waals surface area contributed by atoms with Gasteiger partial charge in [0.15, 0.2) is 11.7 Å². The normalized spacial score (nSPS) is 36.5. The molecule has 202 valence electrons. The minimum atomic E-state index is -1.68. The Morgan fingerprint density at radius 3 is 2.63 bits per heavy atom. The first-order valence-electron chi connectivity index (χ1n) is 12.4. The maximum Gasteiger partial charge on any atom is 0.288 e. The molecule has 38 heavy (non-hydrogen) atoms. The highest BCUT2D eigenvalue weighted by Crippen LogP contribution is 2.49. The predicted octanol–water partition coefficient (Wildman–Crippen LogP) is -0.324. The summed E-state index contributed by atoms with van der Waals surface area (Å²) < 4.78 is 16.8. The summed E-state index contributed by atoms with van der Waals surface area (Å²) in [6.45, 7) is 3.30. The molecule has 4 aliphatic rings. The summed E-state index contributed by atoms with van der Waals surface area (Å²) in [6.07, 6.45) is -7.08. The maximum absolute atomic E-state index is 13.6. The molecule has 6 N–H and O–H groups in total. The lowest BCUT2D eigenvalue weighted by Crippen LogP contribution is -2.60. The van der Waals surface area contributed by atoms with Crippen LogP contribution in [-0.4, -0.2) is 84.9 Å². The molecule has 1 amide bonds. The zero-order valence-corrected chi connectivity index (χ0v) is 20.1. The Morgan fingerprint density at radius 1 is 1.13 bits per heavy atom. The minimum absolute atomic E-state index is 0.0320. The van der Waals surface area contributed by atoms with Gasteiger partial charge in [-0.2, -0.15) is 0 Å². The fourth-order valence-electron chi connectivity index (χ4n) is 6.05. The highest BCUT2D eigenvalue weighted by molar-refractivity contribution is 5.96. The largest absolute Gasteiger partial charge is 0.481 e. The van der Waals surface area contributed by atoms with Crippen molar-refractivity contribution in [3.8, 4) is 0 Å². The number of hydrogen-bond acceptors (Lipinski definition) is 10. The van der Waals surface area contributed by atoms with Crippen LogP contribution in [0, 0.1) is 11.8 Å². The molecule has 2 aromatic rings. The van der Waals surface area contributed by atoms with Crippen LogP contribution in [0.1, 0.15) is 23.7 Å². The van der Waals surface area contributed by atoms with Crippen LogP contribution in [-0.2, 0) is 25.5 Å². The number of aromatic amines is 1. The molecule has 1 aromatic carbocycles. The van der Waals surface area contributed by atoms with Crippen LogP contribution in [0.3, 0.4) is 0 Å². The van der Waals surface area contributed by atoms with Crippen LogP contribution in [0.2, 0.25) is 0 Å². The first kappa shape index (κ1) is 25.0. The van der Waals surface area contributed by atoms with Crippen LogP contribution in [0.5, 0.6) is 0 Å². The number of piperidine rings is 1. The molecule has 12 heteroatoms. The van der Waals surface area contributed by atoms with Gasteiger partial charge in [0.2, 0.25) is 6.29 Å². The highest BCUT2D eigenvalue weighted by atomic mass is 16.8. The Labute approximate surface area is 216 Å². The Kier molecular flexibility index (Phi) is 6.05. The number of aromatic nitrogens is 1. The van der Waals surface area contributed by atoms with Gasteiger partial charge >= 0.3 is 0 Å². The zero-order chi connectivity index (χ0) is 26.9. The molecule has 12 nitrogen and oxygen atoms in total. The van der Waals surface area contributed by atoms with Crippen LogP contribution < -0.4 is 5.43 Å². The van der Waals surface area contributed by atoms with E-state index in [0.717, 1.165) is 0 Å². The number of nitrogens with zero attached hydrogens (tertiary/aromatic N) is 1. The molecule has 0 spiro atoms. The molecule has 2 fully saturated rings. The van der Waals surface area contributed by atoms with Gasteiger partial charge in [0.25, 0.3) is 11.9 Å². The third kappa shape index (κ3) is 3.60. The van der Waals surface area contributed by atoms with E-state index < -0.39 is 73.3 Å². The van der Waals surface area contributed by atoms with Crippen LogP contribution in [0.15, 0.2) is 53.2 Å². The number of benzene rings is 1.